The topological polar surface area (TPSA) is 43.4 Å². The third-order valence-electron chi connectivity index (χ3n) is 5.50. The van der Waals surface area contributed by atoms with E-state index in [1.165, 1.54) is 17.2 Å². The number of likely N-dealkylation sites (N-methyl/N-ethyl adjacent to an activating group) is 1. The molecule has 27 heavy (non-hydrogen) atoms. The van der Waals surface area contributed by atoms with Crippen LogP contribution < -0.4 is 5.63 Å². The first kappa shape index (κ1) is 17.8. The van der Waals surface area contributed by atoms with Gasteiger partial charge < -0.3 is 13.3 Å². The fourth-order valence-electron chi connectivity index (χ4n) is 4.27. The van der Waals surface area contributed by atoms with E-state index in [9.17, 15) is 4.79 Å². The number of benzene rings is 1. The number of allylic oxidation sites excluding steroid dienone is 3. The Morgan fingerprint density at radius 2 is 1.85 bits per heavy atom. The van der Waals surface area contributed by atoms with E-state index in [4.69, 9.17) is 8.83 Å². The number of nitrogens with zero attached hydrogens (tertiary/aromatic N) is 1. The molecule has 0 bridgehead atoms. The smallest absolute Gasteiger partial charge is 0.336 e. The Labute approximate surface area is 159 Å². The van der Waals surface area contributed by atoms with Gasteiger partial charge >= 0.3 is 5.63 Å². The summed E-state index contributed by atoms with van der Waals surface area (Å²) in [7, 11) is 4.50. The highest BCUT2D eigenvalue weighted by atomic mass is 16.4. The summed E-state index contributed by atoms with van der Waals surface area (Å²) in [5, 5.41) is 2.02. The van der Waals surface area contributed by atoms with Gasteiger partial charge in [0.05, 0.1) is 19.7 Å². The van der Waals surface area contributed by atoms with Gasteiger partial charge in [0.25, 0.3) is 0 Å². The molecule has 140 valence electrons. The molecule has 2 aromatic heterocycles. The molecule has 4 heteroatoms. The summed E-state index contributed by atoms with van der Waals surface area (Å²) in [5.74, 6) is 0.938. The average molecular weight is 364 g/mol. The van der Waals surface area contributed by atoms with Crippen molar-refractivity contribution in [3.63, 3.8) is 0 Å². The lowest BCUT2D eigenvalue weighted by atomic mass is 10.00. The second kappa shape index (κ2) is 6.24. The Balaban J connectivity index is 1.84. The lowest BCUT2D eigenvalue weighted by Crippen LogP contribution is -2.40. The molecule has 0 fully saturated rings. The average Bonchev–Trinajstić information content (AvgIpc) is 3.17. The van der Waals surface area contributed by atoms with Crippen molar-refractivity contribution in [2.24, 2.45) is 0 Å². The highest BCUT2D eigenvalue weighted by Crippen LogP contribution is 2.36. The van der Waals surface area contributed by atoms with E-state index in [1.54, 1.807) is 0 Å². The number of fused-ring (bicyclic) bond motifs is 2. The maximum Gasteiger partial charge on any atom is 0.336 e. The molecule has 0 spiro atoms. The van der Waals surface area contributed by atoms with Crippen LogP contribution in [-0.4, -0.2) is 25.1 Å². The van der Waals surface area contributed by atoms with Crippen molar-refractivity contribution in [1.29, 1.82) is 0 Å². The second-order valence-electron chi connectivity index (χ2n) is 8.35. The lowest BCUT2D eigenvalue weighted by Gasteiger charge is -2.30. The van der Waals surface area contributed by atoms with Crippen molar-refractivity contribution in [3.8, 4) is 0 Å². The third-order valence-corrected chi connectivity index (χ3v) is 5.50. The van der Waals surface area contributed by atoms with Crippen molar-refractivity contribution in [2.75, 3.05) is 20.6 Å². The predicted octanol–water partition coefficient (Wildman–Crippen LogP) is 4.93. The summed E-state index contributed by atoms with van der Waals surface area (Å²) >= 11 is 0. The Hall–Kier alpha value is -2.59. The molecule has 1 aliphatic carbocycles. The van der Waals surface area contributed by atoms with Gasteiger partial charge in [0.2, 0.25) is 0 Å². The molecule has 0 saturated carbocycles. The standard InChI is InChI=1S/C23H26NO3/c1-14-10-21(25)27-23-15(2)22-19(16(3)26-20(22)11-18(14)23)13-24(4,5)12-17-8-6-7-9-17/h6-8,10-11H,9,12-13H2,1-5H3/q+1. The molecule has 0 unspecified atom stereocenters. The van der Waals surface area contributed by atoms with Crippen LogP contribution in [-0.2, 0) is 6.54 Å². The molecule has 2 heterocycles. The minimum absolute atomic E-state index is 0.305. The fraction of sp³-hybridized carbons (Fsp3) is 0.348. The van der Waals surface area contributed by atoms with Crippen molar-refractivity contribution < 1.29 is 13.3 Å². The molecule has 1 aliphatic rings. The Bertz CT molecular complexity index is 1170. The molecule has 3 aromatic rings. The van der Waals surface area contributed by atoms with E-state index in [0.29, 0.717) is 5.58 Å². The van der Waals surface area contributed by atoms with Gasteiger partial charge in [-0.2, -0.15) is 0 Å². The monoisotopic (exact) mass is 364 g/mol. The molecule has 0 saturated heterocycles. The molecule has 0 aliphatic heterocycles. The largest absolute Gasteiger partial charge is 0.461 e. The van der Waals surface area contributed by atoms with Gasteiger partial charge in [0, 0.05) is 22.4 Å². The van der Waals surface area contributed by atoms with Crippen LogP contribution in [0.25, 0.3) is 21.9 Å². The summed E-state index contributed by atoms with van der Waals surface area (Å²) in [6.07, 6.45) is 7.60. The first-order valence-corrected chi connectivity index (χ1v) is 9.38. The molecule has 0 radical (unpaired) electrons. The zero-order valence-corrected chi connectivity index (χ0v) is 16.7. The molecule has 0 amide bonds. The Morgan fingerprint density at radius 1 is 1.07 bits per heavy atom. The molecule has 4 nitrogen and oxygen atoms in total. The summed E-state index contributed by atoms with van der Waals surface area (Å²) < 4.78 is 12.5. The summed E-state index contributed by atoms with van der Waals surface area (Å²) in [6, 6.07) is 3.55. The second-order valence-corrected chi connectivity index (χ2v) is 8.35. The van der Waals surface area contributed by atoms with Crippen LogP contribution in [0.5, 0.6) is 0 Å². The van der Waals surface area contributed by atoms with Crippen LogP contribution in [0.4, 0.5) is 0 Å². The molecule has 4 rings (SSSR count). The van der Waals surface area contributed by atoms with Crippen molar-refractivity contribution in [2.45, 2.75) is 33.7 Å². The van der Waals surface area contributed by atoms with Gasteiger partial charge in [0.15, 0.2) is 0 Å². The third kappa shape index (κ3) is 3.15. The first-order valence-electron chi connectivity index (χ1n) is 9.38. The predicted molar refractivity (Wildman–Crippen MR) is 109 cm³/mol. The first-order chi connectivity index (χ1) is 12.7. The van der Waals surface area contributed by atoms with Crippen molar-refractivity contribution in [3.05, 3.63) is 68.8 Å². The van der Waals surface area contributed by atoms with Crippen molar-refractivity contribution >= 4 is 21.9 Å². The molecule has 1 aromatic carbocycles. The summed E-state index contributed by atoms with van der Waals surface area (Å²) in [6.45, 7) is 7.84. The Kier molecular flexibility index (Phi) is 4.11. The van der Waals surface area contributed by atoms with Gasteiger partial charge in [-0.05, 0) is 44.4 Å². The number of rotatable bonds is 4. The minimum Gasteiger partial charge on any atom is -0.461 e. The van der Waals surface area contributed by atoms with E-state index in [-0.39, 0.29) is 5.63 Å². The SMILES string of the molecule is Cc1oc2cc3c(C)cc(=O)oc3c(C)c2c1C[N+](C)(C)CC1=CC=CC1. The maximum absolute atomic E-state index is 11.9. The van der Waals surface area contributed by atoms with E-state index in [1.807, 2.05) is 26.8 Å². The molecular weight excluding hydrogens is 338 g/mol. The van der Waals surface area contributed by atoms with E-state index in [2.05, 4.69) is 32.3 Å². The summed E-state index contributed by atoms with van der Waals surface area (Å²) in [5.41, 5.74) is 5.78. The van der Waals surface area contributed by atoms with Crippen LogP contribution in [0.15, 0.2) is 49.6 Å². The number of hydrogen-bond acceptors (Lipinski definition) is 3. The van der Waals surface area contributed by atoms with Gasteiger partial charge in [-0.25, -0.2) is 4.79 Å². The van der Waals surface area contributed by atoms with Crippen LogP contribution in [0.1, 0.15) is 28.9 Å². The maximum atomic E-state index is 11.9. The summed E-state index contributed by atoms with van der Waals surface area (Å²) in [4.78, 5) is 11.9. The van der Waals surface area contributed by atoms with Crippen LogP contribution in [0.3, 0.4) is 0 Å². The highest BCUT2D eigenvalue weighted by molar-refractivity contribution is 6.00. The zero-order valence-electron chi connectivity index (χ0n) is 16.7. The zero-order chi connectivity index (χ0) is 19.3. The minimum atomic E-state index is -0.305. The van der Waals surface area contributed by atoms with Crippen LogP contribution in [0.2, 0.25) is 0 Å². The molecular formula is C23H26NO3+. The molecule has 0 atom stereocenters. The van der Waals surface area contributed by atoms with E-state index in [0.717, 1.165) is 57.2 Å². The molecule has 0 N–H and O–H groups in total. The van der Waals surface area contributed by atoms with Gasteiger partial charge in [-0.1, -0.05) is 18.2 Å². The fourth-order valence-corrected chi connectivity index (χ4v) is 4.27. The highest BCUT2D eigenvalue weighted by Gasteiger charge is 2.25. The van der Waals surface area contributed by atoms with Crippen molar-refractivity contribution in [1.82, 2.24) is 0 Å². The van der Waals surface area contributed by atoms with E-state index < -0.39 is 0 Å². The van der Waals surface area contributed by atoms with Crippen LogP contribution >= 0.6 is 0 Å². The van der Waals surface area contributed by atoms with E-state index >= 15 is 0 Å². The lowest BCUT2D eigenvalue weighted by molar-refractivity contribution is -0.899. The normalized spacial score (nSPS) is 14.5. The number of quaternary nitrogens is 1. The van der Waals surface area contributed by atoms with Gasteiger partial charge in [0.1, 0.15) is 30.0 Å². The number of furan rings is 1. The van der Waals surface area contributed by atoms with Gasteiger partial charge in [-0.15, -0.1) is 0 Å². The Morgan fingerprint density at radius 3 is 2.56 bits per heavy atom. The quantitative estimate of drug-likeness (QED) is 0.487. The van der Waals surface area contributed by atoms with Crippen LogP contribution in [0, 0.1) is 20.8 Å². The number of aryl methyl sites for hydroxylation is 3. The number of hydrogen-bond donors (Lipinski definition) is 0. The van der Waals surface area contributed by atoms with Gasteiger partial charge in [-0.3, -0.25) is 0 Å².